The van der Waals surface area contributed by atoms with Crippen LogP contribution in [0.5, 0.6) is 0 Å². The highest BCUT2D eigenvalue weighted by Gasteiger charge is 2.43. The van der Waals surface area contributed by atoms with Gasteiger partial charge in [-0.15, -0.1) is 5.10 Å². The van der Waals surface area contributed by atoms with Gasteiger partial charge in [-0.1, -0.05) is 42.0 Å². The maximum atomic E-state index is 13.8. The Bertz CT molecular complexity index is 1160. The van der Waals surface area contributed by atoms with E-state index in [4.69, 9.17) is 4.74 Å². The number of rotatable bonds is 4. The number of benzene rings is 1. The Morgan fingerprint density at radius 3 is 2.83 bits per heavy atom. The van der Waals surface area contributed by atoms with E-state index in [1.54, 1.807) is 19.9 Å². The molecular formula is C21H23N3O4S. The van der Waals surface area contributed by atoms with E-state index in [9.17, 15) is 13.2 Å². The Balaban J connectivity index is 1.98. The highest BCUT2D eigenvalue weighted by atomic mass is 32.2. The molecular weight excluding hydrogens is 390 g/mol. The quantitative estimate of drug-likeness (QED) is 0.772. The van der Waals surface area contributed by atoms with Gasteiger partial charge >= 0.3 is 5.97 Å². The number of carbonyl (C=O) groups excluding carboxylic acids is 1. The van der Waals surface area contributed by atoms with Gasteiger partial charge in [-0.05, 0) is 33.3 Å². The lowest BCUT2D eigenvalue weighted by Crippen LogP contribution is -2.39. The molecule has 2 heterocycles. The van der Waals surface area contributed by atoms with Crippen molar-refractivity contribution in [2.45, 2.75) is 38.5 Å². The number of allylic oxidation sites excluding steroid dienone is 3. The van der Waals surface area contributed by atoms with E-state index in [1.807, 2.05) is 43.3 Å². The Morgan fingerprint density at radius 1 is 1.34 bits per heavy atom. The van der Waals surface area contributed by atoms with E-state index in [1.165, 1.54) is 0 Å². The molecule has 1 aliphatic carbocycles. The third-order valence-corrected chi connectivity index (χ3v) is 7.50. The number of aromatic nitrogens is 2. The summed E-state index contributed by atoms with van der Waals surface area (Å²) in [5.41, 5.74) is 3.34. The van der Waals surface area contributed by atoms with Gasteiger partial charge in [0.1, 0.15) is 4.75 Å². The maximum absolute atomic E-state index is 13.8. The molecule has 1 aromatic heterocycles. The van der Waals surface area contributed by atoms with Crippen LogP contribution in [0.3, 0.4) is 0 Å². The van der Waals surface area contributed by atoms with E-state index >= 15 is 0 Å². The van der Waals surface area contributed by atoms with Crippen molar-refractivity contribution in [1.82, 2.24) is 9.19 Å². The molecule has 29 heavy (non-hydrogen) atoms. The van der Waals surface area contributed by atoms with Gasteiger partial charge in [0.25, 0.3) is 10.0 Å². The molecule has 0 radical (unpaired) electrons. The minimum Gasteiger partial charge on any atom is -0.461 e. The van der Waals surface area contributed by atoms with E-state index in [-0.39, 0.29) is 12.3 Å². The second-order valence-corrected chi connectivity index (χ2v) is 9.68. The fourth-order valence-corrected chi connectivity index (χ4v) is 5.55. The highest BCUT2D eigenvalue weighted by Crippen LogP contribution is 2.40. The molecule has 2 aliphatic rings. The minimum atomic E-state index is -3.96. The SMILES string of the molecule is CCOC(=O)c1nn(S(=O)(=O)C2(C)C=C(C)C=CC2)c2c1CNc1ccccc1-2. The lowest BCUT2D eigenvalue weighted by Gasteiger charge is -2.29. The van der Waals surface area contributed by atoms with Crippen molar-refractivity contribution >= 4 is 21.7 Å². The summed E-state index contributed by atoms with van der Waals surface area (Å²) >= 11 is 0. The Hall–Kier alpha value is -2.87. The normalized spacial score (nSPS) is 20.3. The first-order valence-corrected chi connectivity index (χ1v) is 11.0. The number of hydrogen-bond donors (Lipinski definition) is 1. The van der Waals surface area contributed by atoms with Crippen LogP contribution < -0.4 is 5.32 Å². The molecule has 0 fully saturated rings. The Labute approximate surface area is 170 Å². The lowest BCUT2D eigenvalue weighted by atomic mass is 9.98. The number of nitrogens with one attached hydrogen (secondary N) is 1. The molecule has 1 unspecified atom stereocenters. The summed E-state index contributed by atoms with van der Waals surface area (Å²) in [5.74, 6) is -0.626. The van der Waals surface area contributed by atoms with Crippen LogP contribution in [0.25, 0.3) is 11.3 Å². The third-order valence-electron chi connectivity index (χ3n) is 5.31. The van der Waals surface area contributed by atoms with Crippen LogP contribution >= 0.6 is 0 Å². The van der Waals surface area contributed by atoms with Gasteiger partial charge < -0.3 is 10.1 Å². The highest BCUT2D eigenvalue weighted by molar-refractivity contribution is 7.91. The first-order chi connectivity index (χ1) is 13.8. The van der Waals surface area contributed by atoms with Crippen LogP contribution in [0.15, 0.2) is 48.1 Å². The molecule has 0 saturated carbocycles. The molecule has 0 spiro atoms. The summed E-state index contributed by atoms with van der Waals surface area (Å²) in [6.07, 6.45) is 5.83. The number of ether oxygens (including phenoxy) is 1. The van der Waals surface area contributed by atoms with E-state index in [0.29, 0.717) is 29.8 Å². The molecule has 0 saturated heterocycles. The van der Waals surface area contributed by atoms with Crippen molar-refractivity contribution in [2.24, 2.45) is 0 Å². The van der Waals surface area contributed by atoms with Crippen molar-refractivity contribution in [3.8, 4) is 11.3 Å². The van der Waals surface area contributed by atoms with Crippen molar-refractivity contribution in [2.75, 3.05) is 11.9 Å². The monoisotopic (exact) mass is 413 g/mol. The molecule has 1 atom stereocenters. The number of fused-ring (bicyclic) bond motifs is 3. The Morgan fingerprint density at radius 2 is 2.10 bits per heavy atom. The van der Waals surface area contributed by atoms with Crippen molar-refractivity contribution < 1.29 is 17.9 Å². The van der Waals surface area contributed by atoms with Crippen molar-refractivity contribution in [1.29, 1.82) is 0 Å². The molecule has 0 amide bonds. The average Bonchev–Trinajstić information content (AvgIpc) is 3.09. The van der Waals surface area contributed by atoms with E-state index in [0.717, 1.165) is 15.3 Å². The van der Waals surface area contributed by atoms with Crippen LogP contribution in [-0.2, 0) is 21.3 Å². The van der Waals surface area contributed by atoms with Gasteiger partial charge in [-0.3, -0.25) is 0 Å². The number of anilines is 1. The zero-order chi connectivity index (χ0) is 20.8. The molecule has 0 bridgehead atoms. The molecule has 1 aliphatic heterocycles. The van der Waals surface area contributed by atoms with Crippen LogP contribution in [0.1, 0.15) is 43.2 Å². The van der Waals surface area contributed by atoms with Crippen LogP contribution in [0.2, 0.25) is 0 Å². The zero-order valence-electron chi connectivity index (χ0n) is 16.6. The van der Waals surface area contributed by atoms with Gasteiger partial charge in [-0.2, -0.15) is 4.09 Å². The van der Waals surface area contributed by atoms with Gasteiger partial charge in [0.05, 0.1) is 12.3 Å². The molecule has 8 heteroatoms. The predicted octanol–water partition coefficient (Wildman–Crippen LogP) is 3.50. The van der Waals surface area contributed by atoms with Crippen molar-refractivity contribution in [3.05, 3.63) is 59.3 Å². The largest absolute Gasteiger partial charge is 0.461 e. The average molecular weight is 413 g/mol. The minimum absolute atomic E-state index is 0.0306. The first kappa shape index (κ1) is 19.4. The van der Waals surface area contributed by atoms with E-state index in [2.05, 4.69) is 10.4 Å². The fourth-order valence-electron chi connectivity index (χ4n) is 3.87. The van der Waals surface area contributed by atoms with Gasteiger partial charge in [0.15, 0.2) is 5.69 Å². The summed E-state index contributed by atoms with van der Waals surface area (Å²) in [6.45, 7) is 5.73. The molecule has 152 valence electrons. The summed E-state index contributed by atoms with van der Waals surface area (Å²) < 4.78 is 32.6. The summed E-state index contributed by atoms with van der Waals surface area (Å²) in [4.78, 5) is 12.5. The fraction of sp³-hybridized carbons (Fsp3) is 0.333. The first-order valence-electron chi connectivity index (χ1n) is 9.52. The van der Waals surface area contributed by atoms with Gasteiger partial charge in [-0.25, -0.2) is 13.2 Å². The van der Waals surface area contributed by atoms with Crippen molar-refractivity contribution in [3.63, 3.8) is 0 Å². The summed E-state index contributed by atoms with van der Waals surface area (Å²) in [5, 5.41) is 7.53. The number of carbonyl (C=O) groups is 1. The third kappa shape index (κ3) is 2.98. The standard InChI is InChI=1S/C21H23N3O4S/c1-4-28-20(25)18-16-13-22-17-10-6-5-9-15(17)19(16)24(23-18)29(26,27)21(3)11-7-8-14(2)12-21/h5-10,12,22H,4,11,13H2,1-3H3. The molecule has 4 rings (SSSR count). The van der Waals surface area contributed by atoms with Crippen LogP contribution in [0.4, 0.5) is 5.69 Å². The predicted molar refractivity (Wildman–Crippen MR) is 111 cm³/mol. The summed E-state index contributed by atoms with van der Waals surface area (Å²) in [6, 6.07) is 7.41. The molecule has 7 nitrogen and oxygen atoms in total. The molecule has 1 aromatic carbocycles. The Kier molecular flexibility index (Phi) is 4.61. The number of hydrogen-bond acceptors (Lipinski definition) is 6. The lowest BCUT2D eigenvalue weighted by molar-refractivity contribution is 0.0518. The second kappa shape index (κ2) is 6.88. The number of para-hydroxylation sites is 1. The molecule has 2 aromatic rings. The topological polar surface area (TPSA) is 90.3 Å². The molecule has 1 N–H and O–H groups in total. The summed E-state index contributed by atoms with van der Waals surface area (Å²) in [7, 11) is -3.96. The van der Waals surface area contributed by atoms with E-state index < -0.39 is 20.7 Å². The smallest absolute Gasteiger partial charge is 0.359 e. The zero-order valence-corrected chi connectivity index (χ0v) is 17.4. The van der Waals surface area contributed by atoms with Crippen LogP contribution in [0, 0.1) is 0 Å². The number of esters is 1. The maximum Gasteiger partial charge on any atom is 0.359 e. The van der Waals surface area contributed by atoms with Crippen LogP contribution in [-0.4, -0.2) is 34.9 Å². The van der Waals surface area contributed by atoms with Gasteiger partial charge in [0, 0.05) is 23.4 Å². The van der Waals surface area contributed by atoms with Gasteiger partial charge in [0.2, 0.25) is 0 Å². The second-order valence-electron chi connectivity index (χ2n) is 7.45. The number of nitrogens with zero attached hydrogens (tertiary/aromatic N) is 2.